The third kappa shape index (κ3) is 2.65. The van der Waals surface area contributed by atoms with E-state index in [9.17, 15) is 9.59 Å². The minimum atomic E-state index is -0.407. The first-order valence-electron chi connectivity index (χ1n) is 7.87. The molecule has 0 unspecified atom stereocenters. The van der Waals surface area contributed by atoms with E-state index in [-0.39, 0.29) is 11.3 Å². The number of rotatable bonds is 3. The van der Waals surface area contributed by atoms with Crippen molar-refractivity contribution in [3.63, 3.8) is 0 Å². The standard InChI is InChI=1S/C17H15N7O2/c1-11-8-16(25)24-15(19-11)9-13(23(24)12-4-3-6-18-10-12)17(26)20-14-5-7-22(2)21-14/h3-10H,1-2H3,(H,20,21,26). The molecular weight excluding hydrogens is 334 g/mol. The number of anilines is 1. The highest BCUT2D eigenvalue weighted by Crippen LogP contribution is 2.16. The van der Waals surface area contributed by atoms with Crippen LogP contribution in [0.2, 0.25) is 0 Å². The molecular formula is C17H15N7O2. The highest BCUT2D eigenvalue weighted by Gasteiger charge is 2.20. The van der Waals surface area contributed by atoms with Gasteiger partial charge in [0.25, 0.3) is 11.5 Å². The molecule has 9 nitrogen and oxygen atoms in total. The molecule has 0 radical (unpaired) electrons. The van der Waals surface area contributed by atoms with E-state index in [1.807, 2.05) is 0 Å². The Hall–Kier alpha value is -3.75. The van der Waals surface area contributed by atoms with Gasteiger partial charge in [0, 0.05) is 43.3 Å². The second-order valence-electron chi connectivity index (χ2n) is 5.79. The van der Waals surface area contributed by atoms with E-state index < -0.39 is 5.91 Å². The molecule has 4 aromatic heterocycles. The summed E-state index contributed by atoms with van der Waals surface area (Å²) in [6.07, 6.45) is 4.92. The monoisotopic (exact) mass is 349 g/mol. The van der Waals surface area contributed by atoms with Crippen molar-refractivity contribution in [2.24, 2.45) is 7.05 Å². The molecule has 4 rings (SSSR count). The van der Waals surface area contributed by atoms with Crippen LogP contribution in [-0.2, 0) is 7.05 Å². The molecule has 0 aliphatic rings. The fourth-order valence-electron chi connectivity index (χ4n) is 2.76. The second kappa shape index (κ2) is 5.96. The van der Waals surface area contributed by atoms with Crippen LogP contribution < -0.4 is 10.9 Å². The molecule has 4 heterocycles. The normalized spacial score (nSPS) is 11.0. The van der Waals surface area contributed by atoms with Gasteiger partial charge in [-0.05, 0) is 19.1 Å². The maximum absolute atomic E-state index is 12.8. The van der Waals surface area contributed by atoms with E-state index in [4.69, 9.17) is 0 Å². The number of fused-ring (bicyclic) bond motifs is 1. The number of hydrogen-bond acceptors (Lipinski definition) is 5. The van der Waals surface area contributed by atoms with Gasteiger partial charge in [0.05, 0.1) is 11.9 Å². The topological polar surface area (TPSA) is 99.1 Å². The molecule has 0 aliphatic heterocycles. The van der Waals surface area contributed by atoms with Gasteiger partial charge in [0.15, 0.2) is 11.5 Å². The van der Waals surface area contributed by atoms with Gasteiger partial charge in [0.2, 0.25) is 0 Å². The van der Waals surface area contributed by atoms with Crippen molar-refractivity contribution >= 4 is 17.4 Å². The van der Waals surface area contributed by atoms with Crippen LogP contribution >= 0.6 is 0 Å². The van der Waals surface area contributed by atoms with Gasteiger partial charge in [-0.2, -0.15) is 9.61 Å². The van der Waals surface area contributed by atoms with Gasteiger partial charge in [-0.1, -0.05) is 0 Å². The molecule has 0 saturated carbocycles. The van der Waals surface area contributed by atoms with E-state index >= 15 is 0 Å². The fourth-order valence-corrected chi connectivity index (χ4v) is 2.76. The molecule has 0 aliphatic carbocycles. The van der Waals surface area contributed by atoms with Crippen molar-refractivity contribution in [1.82, 2.24) is 28.9 Å². The lowest BCUT2D eigenvalue weighted by Gasteiger charge is -2.10. The van der Waals surface area contributed by atoms with Gasteiger partial charge in [-0.25, -0.2) is 9.67 Å². The van der Waals surface area contributed by atoms with Crippen molar-refractivity contribution in [2.45, 2.75) is 6.92 Å². The minimum absolute atomic E-state index is 0.249. The largest absolute Gasteiger partial charge is 0.304 e. The van der Waals surface area contributed by atoms with E-state index in [0.717, 1.165) is 0 Å². The average molecular weight is 349 g/mol. The molecule has 0 saturated heterocycles. The fraction of sp³-hybridized carbons (Fsp3) is 0.118. The Morgan fingerprint density at radius 3 is 2.77 bits per heavy atom. The Bertz CT molecular complexity index is 1170. The lowest BCUT2D eigenvalue weighted by Crippen LogP contribution is -2.24. The number of carbonyl (C=O) groups excluding carboxylic acids is 1. The maximum atomic E-state index is 12.8. The van der Waals surface area contributed by atoms with Crippen molar-refractivity contribution in [3.8, 4) is 5.69 Å². The van der Waals surface area contributed by atoms with Crippen molar-refractivity contribution < 1.29 is 4.79 Å². The van der Waals surface area contributed by atoms with E-state index in [0.29, 0.717) is 22.8 Å². The quantitative estimate of drug-likeness (QED) is 0.599. The average Bonchev–Trinajstić information content (AvgIpc) is 3.19. The molecule has 1 amide bonds. The van der Waals surface area contributed by atoms with Crippen LogP contribution in [0.3, 0.4) is 0 Å². The van der Waals surface area contributed by atoms with Crippen LogP contribution in [0.5, 0.6) is 0 Å². The lowest BCUT2D eigenvalue weighted by molar-refractivity contribution is 0.101. The van der Waals surface area contributed by atoms with Crippen LogP contribution in [-0.4, -0.2) is 34.9 Å². The molecule has 0 aromatic carbocycles. The molecule has 1 N–H and O–H groups in total. The van der Waals surface area contributed by atoms with E-state index in [1.54, 1.807) is 61.5 Å². The molecule has 0 bridgehead atoms. The first-order valence-corrected chi connectivity index (χ1v) is 7.87. The zero-order chi connectivity index (χ0) is 18.3. The summed E-state index contributed by atoms with van der Waals surface area (Å²) in [5.74, 6) is 0.00656. The number of aromatic nitrogens is 6. The van der Waals surface area contributed by atoms with Gasteiger partial charge >= 0.3 is 0 Å². The second-order valence-corrected chi connectivity index (χ2v) is 5.79. The van der Waals surface area contributed by atoms with Crippen LogP contribution in [0.4, 0.5) is 5.82 Å². The molecule has 0 fully saturated rings. The number of carbonyl (C=O) groups is 1. The lowest BCUT2D eigenvalue weighted by atomic mass is 10.3. The van der Waals surface area contributed by atoms with Crippen molar-refractivity contribution in [1.29, 1.82) is 0 Å². The maximum Gasteiger partial charge on any atom is 0.275 e. The van der Waals surface area contributed by atoms with Crippen LogP contribution in [0.25, 0.3) is 11.3 Å². The Kier molecular flexibility index (Phi) is 3.61. The number of pyridine rings is 1. The van der Waals surface area contributed by atoms with Gasteiger partial charge in [-0.3, -0.25) is 19.3 Å². The zero-order valence-corrected chi connectivity index (χ0v) is 14.1. The third-order valence-electron chi connectivity index (χ3n) is 3.82. The number of hydrogen-bond donors (Lipinski definition) is 1. The highest BCUT2D eigenvalue weighted by atomic mass is 16.2. The highest BCUT2D eigenvalue weighted by molar-refractivity contribution is 6.03. The molecule has 0 spiro atoms. The molecule has 130 valence electrons. The predicted octanol–water partition coefficient (Wildman–Crippen LogP) is 1.17. The third-order valence-corrected chi connectivity index (χ3v) is 3.82. The number of aryl methyl sites for hydroxylation is 2. The summed E-state index contributed by atoms with van der Waals surface area (Å²) < 4.78 is 4.43. The molecule has 4 aromatic rings. The minimum Gasteiger partial charge on any atom is -0.304 e. The molecule has 9 heteroatoms. The van der Waals surface area contributed by atoms with Crippen molar-refractivity contribution in [2.75, 3.05) is 5.32 Å². The Labute approximate surface area is 147 Å². The van der Waals surface area contributed by atoms with E-state index in [1.165, 1.54) is 15.3 Å². The summed E-state index contributed by atoms with van der Waals surface area (Å²) in [6, 6.07) is 8.16. The SMILES string of the molecule is Cc1cc(=O)n2c(cc(C(=O)Nc3ccn(C)n3)n2-c2cccnc2)n1. The van der Waals surface area contributed by atoms with Crippen molar-refractivity contribution in [3.05, 3.63) is 70.7 Å². The Morgan fingerprint density at radius 1 is 1.23 bits per heavy atom. The Morgan fingerprint density at radius 2 is 2.08 bits per heavy atom. The summed E-state index contributed by atoms with van der Waals surface area (Å²) in [6.45, 7) is 1.73. The number of nitrogens with zero attached hydrogens (tertiary/aromatic N) is 6. The zero-order valence-electron chi connectivity index (χ0n) is 14.1. The smallest absolute Gasteiger partial charge is 0.275 e. The summed E-state index contributed by atoms with van der Waals surface area (Å²) in [5.41, 5.74) is 1.49. The van der Waals surface area contributed by atoms with Gasteiger partial charge < -0.3 is 5.32 Å². The van der Waals surface area contributed by atoms with Gasteiger partial charge in [0.1, 0.15) is 5.69 Å². The Balaban J connectivity index is 1.92. The predicted molar refractivity (Wildman–Crippen MR) is 94.5 cm³/mol. The molecule has 26 heavy (non-hydrogen) atoms. The summed E-state index contributed by atoms with van der Waals surface area (Å²) >= 11 is 0. The molecule has 0 atom stereocenters. The first kappa shape index (κ1) is 15.8. The number of amides is 1. The van der Waals surface area contributed by atoms with Crippen LogP contribution in [0.1, 0.15) is 16.2 Å². The van der Waals surface area contributed by atoms with Gasteiger partial charge in [-0.15, -0.1) is 0 Å². The summed E-state index contributed by atoms with van der Waals surface area (Å²) in [4.78, 5) is 33.8. The summed E-state index contributed by atoms with van der Waals surface area (Å²) in [5, 5.41) is 6.87. The number of nitrogens with one attached hydrogen (secondary N) is 1. The first-order chi connectivity index (χ1) is 12.5. The summed E-state index contributed by atoms with van der Waals surface area (Å²) in [7, 11) is 1.76. The van der Waals surface area contributed by atoms with Crippen LogP contribution in [0.15, 0.2) is 53.7 Å². The van der Waals surface area contributed by atoms with Crippen LogP contribution in [0, 0.1) is 6.92 Å². The van der Waals surface area contributed by atoms with E-state index in [2.05, 4.69) is 20.4 Å².